The van der Waals surface area contributed by atoms with E-state index in [9.17, 15) is 28.8 Å². The van der Waals surface area contributed by atoms with Gasteiger partial charge in [0, 0.05) is 101 Å². The highest BCUT2D eigenvalue weighted by atomic mass is 16.5. The van der Waals surface area contributed by atoms with Crippen molar-refractivity contribution >= 4 is 90.4 Å². The van der Waals surface area contributed by atoms with E-state index in [1.54, 1.807) is 36.5 Å². The van der Waals surface area contributed by atoms with Gasteiger partial charge in [-0.25, -0.2) is 19.2 Å². The van der Waals surface area contributed by atoms with E-state index in [1.807, 2.05) is 98.2 Å². The van der Waals surface area contributed by atoms with E-state index in [0.29, 0.717) is 63.6 Å². The maximum atomic E-state index is 12.2. The van der Waals surface area contributed by atoms with Crippen molar-refractivity contribution in [3.05, 3.63) is 159 Å². The molecule has 6 heterocycles. The quantitative estimate of drug-likeness (QED) is 0.0820. The fourth-order valence-corrected chi connectivity index (χ4v) is 10.3. The van der Waals surface area contributed by atoms with Gasteiger partial charge < -0.3 is 53.3 Å². The van der Waals surface area contributed by atoms with Gasteiger partial charge in [-0.05, 0) is 120 Å². The molecule has 0 fully saturated rings. The molecule has 0 saturated carbocycles. The second kappa shape index (κ2) is 24.6. The minimum Gasteiger partial charge on any atom is -0.465 e. The van der Waals surface area contributed by atoms with Gasteiger partial charge in [0.1, 0.15) is 0 Å². The van der Waals surface area contributed by atoms with E-state index in [0.717, 1.165) is 87.9 Å². The Morgan fingerprint density at radius 2 is 1.05 bits per heavy atom. The first-order chi connectivity index (χ1) is 36.8. The van der Waals surface area contributed by atoms with Crippen LogP contribution in [0, 0.1) is 0 Å². The largest absolute Gasteiger partial charge is 0.465 e. The van der Waals surface area contributed by atoms with Gasteiger partial charge in [-0.2, -0.15) is 0 Å². The normalized spacial score (nSPS) is 11.8. The number of hydrogen-bond donors (Lipinski definition) is 3. The summed E-state index contributed by atoms with van der Waals surface area (Å²) in [6.07, 6.45) is 7.25. The van der Waals surface area contributed by atoms with Crippen LogP contribution >= 0.6 is 0 Å². The van der Waals surface area contributed by atoms with Gasteiger partial charge in [0.15, 0.2) is 0 Å². The SMILES string of the molecule is C/C=C/c1cc2c(C(=O)OC)cccc2n1CC.CCn1c(CCN)cc2c(C(=O)OC)cccc21.CCn1c2c(c3c(C(=O)OC)cccc31)C(=O)NCC2.CCn1c2cccc(C(=O)OC)c2c2c(=O)[nH]ccc21. The average molecular weight is 1030 g/mol. The minimum absolute atomic E-state index is 0.111. The number of fused-ring (bicyclic) bond motifs is 8. The number of esters is 4. The Morgan fingerprint density at radius 3 is 1.58 bits per heavy atom. The van der Waals surface area contributed by atoms with Crippen LogP contribution in [0.15, 0.2) is 108 Å². The summed E-state index contributed by atoms with van der Waals surface area (Å²) in [5.74, 6) is -1.55. The molecule has 396 valence electrons. The van der Waals surface area contributed by atoms with Crippen LogP contribution in [0.25, 0.3) is 60.6 Å². The molecule has 4 N–H and O–H groups in total. The first-order valence-corrected chi connectivity index (χ1v) is 25.3. The number of methoxy groups -OCH3 is 4. The molecule has 76 heavy (non-hydrogen) atoms. The van der Waals surface area contributed by atoms with Gasteiger partial charge in [0.2, 0.25) is 0 Å². The lowest BCUT2D eigenvalue weighted by molar-refractivity contribution is 0.0594. The van der Waals surface area contributed by atoms with Crippen molar-refractivity contribution in [2.24, 2.45) is 5.73 Å². The summed E-state index contributed by atoms with van der Waals surface area (Å²) >= 11 is 0. The van der Waals surface area contributed by atoms with Crippen molar-refractivity contribution in [1.82, 2.24) is 28.6 Å². The maximum Gasteiger partial charge on any atom is 0.338 e. The molecule has 1 aliphatic rings. The number of benzene rings is 4. The number of aromatic nitrogens is 5. The molecule has 0 radical (unpaired) electrons. The number of hydrogen-bond acceptors (Lipinski definition) is 11. The first-order valence-electron chi connectivity index (χ1n) is 25.3. The summed E-state index contributed by atoms with van der Waals surface area (Å²) < 4.78 is 27.8. The maximum absolute atomic E-state index is 12.2. The third-order valence-corrected chi connectivity index (χ3v) is 13.5. The Labute approximate surface area is 439 Å². The molecule has 1 aliphatic heterocycles. The van der Waals surface area contributed by atoms with E-state index < -0.39 is 11.9 Å². The van der Waals surface area contributed by atoms with E-state index >= 15 is 0 Å². The number of allylic oxidation sites excluding steroid dienone is 1. The molecule has 0 aliphatic carbocycles. The zero-order valence-corrected chi connectivity index (χ0v) is 44.5. The van der Waals surface area contributed by atoms with Crippen molar-refractivity contribution in [3.8, 4) is 0 Å². The number of rotatable bonds is 11. The van der Waals surface area contributed by atoms with Crippen molar-refractivity contribution in [2.75, 3.05) is 41.5 Å². The van der Waals surface area contributed by atoms with E-state index in [2.05, 4.69) is 37.8 Å². The van der Waals surface area contributed by atoms with Crippen LogP contribution in [-0.4, -0.2) is 94.6 Å². The molecule has 0 atom stereocenters. The zero-order valence-electron chi connectivity index (χ0n) is 44.5. The topological polar surface area (TPSA) is 213 Å². The number of nitrogens with two attached hydrogens (primary N) is 1. The van der Waals surface area contributed by atoms with Crippen LogP contribution in [0.4, 0.5) is 0 Å². The van der Waals surface area contributed by atoms with Gasteiger partial charge >= 0.3 is 23.9 Å². The number of ether oxygens (including phenoxy) is 4. The molecule has 1 amide bonds. The molecule has 17 heteroatoms. The Kier molecular flexibility index (Phi) is 17.8. The Bertz CT molecular complexity index is 3740. The van der Waals surface area contributed by atoms with Crippen LogP contribution in [0.3, 0.4) is 0 Å². The Morgan fingerprint density at radius 1 is 0.579 bits per heavy atom. The van der Waals surface area contributed by atoms with E-state index in [4.69, 9.17) is 24.7 Å². The van der Waals surface area contributed by atoms with Crippen LogP contribution in [0.2, 0.25) is 0 Å². The smallest absolute Gasteiger partial charge is 0.338 e. The van der Waals surface area contributed by atoms with E-state index in [-0.39, 0.29) is 23.4 Å². The van der Waals surface area contributed by atoms with Gasteiger partial charge in [-0.1, -0.05) is 30.3 Å². The summed E-state index contributed by atoms with van der Waals surface area (Å²) in [6.45, 7) is 14.7. The van der Waals surface area contributed by atoms with Crippen molar-refractivity contribution in [2.45, 2.75) is 73.6 Å². The highest BCUT2D eigenvalue weighted by molar-refractivity contribution is 6.17. The molecule has 0 spiro atoms. The van der Waals surface area contributed by atoms with Crippen LogP contribution in [0.1, 0.15) is 103 Å². The predicted molar refractivity (Wildman–Crippen MR) is 297 cm³/mol. The third kappa shape index (κ3) is 10.4. The number of carbonyl (C=O) groups is 5. The molecule has 5 aromatic heterocycles. The van der Waals surface area contributed by atoms with Gasteiger partial charge in [0.05, 0.1) is 72.7 Å². The summed E-state index contributed by atoms with van der Waals surface area (Å²) in [4.78, 5) is 74.4. The van der Waals surface area contributed by atoms with E-state index in [1.165, 1.54) is 28.4 Å². The second-order valence-corrected chi connectivity index (χ2v) is 17.5. The number of amides is 1. The standard InChI is InChI=1S/C15H16N2O3.C15H14N2O3.C15H17NO2.C14H18N2O2/c2*1-3-17-10-6-4-5-9(15(19)20-2)12(10)13-11(17)7-8-16-14(13)18;1-4-7-11-10-13-12(15(17)18-3)8-6-9-14(13)16(11)5-2;1-3-16-10(7-8-15)9-12-11(14(17)18-2)5-4-6-13(12)16/h4-6H,3,7-8H2,1-2H3,(H,16,18);4-8H,3H2,1-2H3,(H,16,18);4,6-10H,5H2,1-3H3;4-6,9H,3,7-8,15H2,1-2H3/b;;7-4+;. The third-order valence-electron chi connectivity index (χ3n) is 13.5. The lowest BCUT2D eigenvalue weighted by atomic mass is 10.0. The first kappa shape index (κ1) is 55.1. The van der Waals surface area contributed by atoms with Crippen molar-refractivity contribution in [3.63, 3.8) is 0 Å². The monoisotopic (exact) mass is 1030 g/mol. The van der Waals surface area contributed by atoms with Crippen LogP contribution < -0.4 is 16.6 Å². The number of pyridine rings is 1. The number of nitrogens with zero attached hydrogens (tertiary/aromatic N) is 4. The lowest BCUT2D eigenvalue weighted by Crippen LogP contribution is -2.32. The highest BCUT2D eigenvalue weighted by Gasteiger charge is 2.29. The molecule has 0 unspecified atom stereocenters. The summed E-state index contributed by atoms with van der Waals surface area (Å²) in [6, 6.07) is 28.2. The fraction of sp³-hybridized carbons (Fsp3) is 0.288. The van der Waals surface area contributed by atoms with Gasteiger partial charge in [-0.3, -0.25) is 9.59 Å². The minimum atomic E-state index is -0.436. The molecular weight excluding hydrogens is 967 g/mol. The molecule has 4 aromatic carbocycles. The van der Waals surface area contributed by atoms with Gasteiger partial charge in [0.25, 0.3) is 11.5 Å². The predicted octanol–water partition coefficient (Wildman–Crippen LogP) is 9.45. The lowest BCUT2D eigenvalue weighted by Gasteiger charge is -2.15. The molecule has 0 bridgehead atoms. The molecule has 9 aromatic rings. The van der Waals surface area contributed by atoms with Crippen LogP contribution in [-0.2, 0) is 58.0 Å². The van der Waals surface area contributed by atoms with Gasteiger partial charge in [-0.15, -0.1) is 0 Å². The van der Waals surface area contributed by atoms with Crippen molar-refractivity contribution in [1.29, 1.82) is 0 Å². The average Bonchev–Trinajstić information content (AvgIpc) is 4.21. The summed E-state index contributed by atoms with van der Waals surface area (Å²) in [7, 11) is 5.50. The number of H-pyrrole nitrogens is 1. The molecule has 0 saturated heterocycles. The number of carbonyl (C=O) groups excluding carboxylic acids is 5. The number of aromatic amines is 1. The fourth-order valence-electron chi connectivity index (χ4n) is 10.3. The summed E-state index contributed by atoms with van der Waals surface area (Å²) in [5.41, 5.74) is 16.1. The second-order valence-electron chi connectivity index (χ2n) is 17.5. The molecule has 10 rings (SSSR count). The molecular formula is C59H65N7O10. The Hall–Kier alpha value is -8.70. The zero-order chi connectivity index (χ0) is 54.8. The summed E-state index contributed by atoms with van der Waals surface area (Å²) in [5, 5.41) is 6.62. The van der Waals surface area contributed by atoms with Crippen LogP contribution in [0.5, 0.6) is 0 Å². The number of nitrogens with one attached hydrogen (secondary N) is 2. The van der Waals surface area contributed by atoms with Crippen molar-refractivity contribution < 1.29 is 42.9 Å². The molecule has 17 nitrogen and oxygen atoms in total. The Balaban J connectivity index is 0.000000148. The number of aryl methyl sites for hydroxylation is 4. The highest BCUT2D eigenvalue weighted by Crippen LogP contribution is 2.33.